The molecule has 0 spiro atoms. The van der Waals surface area contributed by atoms with Crippen molar-refractivity contribution in [2.75, 3.05) is 7.11 Å². The van der Waals surface area contributed by atoms with E-state index in [4.69, 9.17) is 16.3 Å². The molecule has 6 heteroatoms. The SMILES string of the molecule is COc1cc(Cl)c(F)c(C2(N=C=O)CCC2)c1O. The van der Waals surface area contributed by atoms with Gasteiger partial charge in [0.15, 0.2) is 17.3 Å². The molecule has 0 saturated heterocycles. The Morgan fingerprint density at radius 2 is 2.28 bits per heavy atom. The molecule has 0 radical (unpaired) electrons. The normalized spacial score (nSPS) is 16.6. The fraction of sp³-hybridized carbons (Fsp3) is 0.417. The van der Waals surface area contributed by atoms with Gasteiger partial charge in [-0.25, -0.2) is 9.18 Å². The smallest absolute Gasteiger partial charge is 0.235 e. The van der Waals surface area contributed by atoms with Crippen molar-refractivity contribution in [3.63, 3.8) is 0 Å². The Labute approximate surface area is 108 Å². The lowest BCUT2D eigenvalue weighted by atomic mass is 9.71. The van der Waals surface area contributed by atoms with Crippen molar-refractivity contribution in [2.24, 2.45) is 4.99 Å². The number of isocyanates is 1. The molecule has 0 aliphatic heterocycles. The van der Waals surface area contributed by atoms with Crippen LogP contribution in [0.5, 0.6) is 11.5 Å². The van der Waals surface area contributed by atoms with E-state index in [2.05, 4.69) is 4.99 Å². The molecule has 1 aromatic carbocycles. The first-order chi connectivity index (χ1) is 8.55. The zero-order valence-electron chi connectivity index (χ0n) is 9.67. The summed E-state index contributed by atoms with van der Waals surface area (Å²) in [6, 6.07) is 1.19. The zero-order chi connectivity index (χ0) is 13.3. The number of carbonyl (C=O) groups excluding carboxylic acids is 1. The van der Waals surface area contributed by atoms with E-state index >= 15 is 0 Å². The Kier molecular flexibility index (Phi) is 3.28. The van der Waals surface area contributed by atoms with Crippen molar-refractivity contribution >= 4 is 17.7 Å². The van der Waals surface area contributed by atoms with Crippen molar-refractivity contribution in [1.82, 2.24) is 0 Å². The summed E-state index contributed by atoms with van der Waals surface area (Å²) in [6.07, 6.45) is 3.16. The van der Waals surface area contributed by atoms with Gasteiger partial charge in [0.25, 0.3) is 0 Å². The number of phenols is 1. The molecule has 4 nitrogen and oxygen atoms in total. The number of rotatable bonds is 3. The van der Waals surface area contributed by atoms with Gasteiger partial charge in [-0.1, -0.05) is 11.6 Å². The first-order valence-corrected chi connectivity index (χ1v) is 5.78. The van der Waals surface area contributed by atoms with Crippen molar-refractivity contribution < 1.29 is 19.0 Å². The minimum absolute atomic E-state index is 0.0590. The van der Waals surface area contributed by atoms with Gasteiger partial charge in [0.1, 0.15) is 5.54 Å². The molecule has 0 atom stereocenters. The first kappa shape index (κ1) is 12.9. The van der Waals surface area contributed by atoms with E-state index in [1.54, 1.807) is 0 Å². The van der Waals surface area contributed by atoms with Gasteiger partial charge >= 0.3 is 0 Å². The standard InChI is InChI=1S/C12H11ClFNO3/c1-18-8-5-7(13)10(14)9(11(8)17)12(15-6-16)3-2-4-12/h5,17H,2-4H2,1H3. The van der Waals surface area contributed by atoms with Crippen molar-refractivity contribution in [3.05, 3.63) is 22.5 Å². The summed E-state index contributed by atoms with van der Waals surface area (Å²) in [4.78, 5) is 14.1. The number of aliphatic imine (C=N–C) groups is 1. The van der Waals surface area contributed by atoms with Gasteiger partial charge in [-0.05, 0) is 19.3 Å². The third-order valence-corrected chi connectivity index (χ3v) is 3.56. The van der Waals surface area contributed by atoms with Crippen molar-refractivity contribution in [1.29, 1.82) is 0 Å². The molecule has 0 bridgehead atoms. The summed E-state index contributed by atoms with van der Waals surface area (Å²) in [6.45, 7) is 0. The quantitative estimate of drug-likeness (QED) is 0.679. The average Bonchev–Trinajstić information content (AvgIpc) is 2.30. The molecular weight excluding hydrogens is 261 g/mol. The monoisotopic (exact) mass is 271 g/mol. The summed E-state index contributed by atoms with van der Waals surface area (Å²) < 4.78 is 19.0. The van der Waals surface area contributed by atoms with E-state index in [1.807, 2.05) is 0 Å². The summed E-state index contributed by atoms with van der Waals surface area (Å²) in [5.74, 6) is -1.07. The molecule has 1 aromatic rings. The molecule has 1 fully saturated rings. The van der Waals surface area contributed by atoms with E-state index in [9.17, 15) is 14.3 Å². The van der Waals surface area contributed by atoms with Crippen LogP contribution < -0.4 is 4.74 Å². The number of aromatic hydroxyl groups is 1. The predicted octanol–water partition coefficient (Wildman–Crippen LogP) is 2.91. The first-order valence-electron chi connectivity index (χ1n) is 5.40. The van der Waals surface area contributed by atoms with Crippen LogP contribution in [0.4, 0.5) is 4.39 Å². The summed E-state index contributed by atoms with van der Waals surface area (Å²) in [5.41, 5.74) is -1.14. The third kappa shape index (κ3) is 1.76. The van der Waals surface area contributed by atoms with Crippen LogP contribution in [0.2, 0.25) is 5.02 Å². The minimum Gasteiger partial charge on any atom is -0.504 e. The minimum atomic E-state index is -1.06. The van der Waals surface area contributed by atoms with Gasteiger partial charge in [-0.2, -0.15) is 4.99 Å². The molecule has 18 heavy (non-hydrogen) atoms. The average molecular weight is 272 g/mol. The Balaban J connectivity index is 2.69. The maximum absolute atomic E-state index is 14.1. The van der Waals surface area contributed by atoms with E-state index in [-0.39, 0.29) is 22.1 Å². The van der Waals surface area contributed by atoms with Crippen LogP contribution in [-0.4, -0.2) is 18.3 Å². The summed E-state index contributed by atoms with van der Waals surface area (Å²) >= 11 is 5.75. The van der Waals surface area contributed by atoms with Crippen LogP contribution in [0.15, 0.2) is 11.1 Å². The van der Waals surface area contributed by atoms with Crippen LogP contribution in [-0.2, 0) is 10.3 Å². The van der Waals surface area contributed by atoms with E-state index in [1.165, 1.54) is 19.3 Å². The molecule has 1 aliphatic carbocycles. The number of hydrogen-bond donors (Lipinski definition) is 1. The lowest BCUT2D eigenvalue weighted by Gasteiger charge is -2.37. The van der Waals surface area contributed by atoms with Crippen molar-refractivity contribution in [3.8, 4) is 11.5 Å². The second-order valence-electron chi connectivity index (χ2n) is 4.19. The van der Waals surface area contributed by atoms with Gasteiger partial charge in [0.2, 0.25) is 6.08 Å². The van der Waals surface area contributed by atoms with Crippen LogP contribution in [0.3, 0.4) is 0 Å². The highest BCUT2D eigenvalue weighted by molar-refractivity contribution is 6.31. The lowest BCUT2D eigenvalue weighted by molar-refractivity contribution is 0.235. The van der Waals surface area contributed by atoms with E-state index in [0.29, 0.717) is 12.8 Å². The van der Waals surface area contributed by atoms with Gasteiger partial charge in [-0.3, -0.25) is 0 Å². The van der Waals surface area contributed by atoms with Crippen LogP contribution in [0.25, 0.3) is 0 Å². The molecule has 0 unspecified atom stereocenters. The number of methoxy groups -OCH3 is 1. The highest BCUT2D eigenvalue weighted by Gasteiger charge is 2.44. The maximum atomic E-state index is 14.1. The number of nitrogens with zero attached hydrogens (tertiary/aromatic N) is 1. The van der Waals surface area contributed by atoms with Crippen LogP contribution >= 0.6 is 11.6 Å². The number of benzene rings is 1. The Bertz CT molecular complexity index is 537. The predicted molar refractivity (Wildman–Crippen MR) is 63.3 cm³/mol. The Hall–Kier alpha value is -1.58. The fourth-order valence-corrected chi connectivity index (χ4v) is 2.38. The lowest BCUT2D eigenvalue weighted by Crippen LogP contribution is -2.33. The van der Waals surface area contributed by atoms with Gasteiger partial charge in [0, 0.05) is 6.07 Å². The van der Waals surface area contributed by atoms with Crippen LogP contribution in [0, 0.1) is 5.82 Å². The number of ether oxygens (including phenoxy) is 1. The largest absolute Gasteiger partial charge is 0.504 e. The number of hydrogen-bond acceptors (Lipinski definition) is 4. The second-order valence-corrected chi connectivity index (χ2v) is 4.59. The van der Waals surface area contributed by atoms with Gasteiger partial charge < -0.3 is 9.84 Å². The molecule has 0 amide bonds. The molecule has 1 N–H and O–H groups in total. The Morgan fingerprint density at radius 1 is 1.61 bits per heavy atom. The molecule has 1 aliphatic rings. The van der Waals surface area contributed by atoms with Gasteiger partial charge in [0.05, 0.1) is 17.7 Å². The Morgan fingerprint density at radius 3 is 2.72 bits per heavy atom. The topological polar surface area (TPSA) is 58.9 Å². The van der Waals surface area contributed by atoms with Crippen molar-refractivity contribution in [2.45, 2.75) is 24.8 Å². The second kappa shape index (κ2) is 4.59. The summed E-state index contributed by atoms with van der Waals surface area (Å²) in [7, 11) is 1.34. The molecule has 0 aromatic heterocycles. The zero-order valence-corrected chi connectivity index (χ0v) is 10.4. The molecule has 2 rings (SSSR count). The highest BCUT2D eigenvalue weighted by Crippen LogP contribution is 2.52. The van der Waals surface area contributed by atoms with E-state index < -0.39 is 11.4 Å². The third-order valence-electron chi connectivity index (χ3n) is 3.28. The van der Waals surface area contributed by atoms with Crippen LogP contribution in [0.1, 0.15) is 24.8 Å². The maximum Gasteiger partial charge on any atom is 0.235 e. The highest BCUT2D eigenvalue weighted by atomic mass is 35.5. The van der Waals surface area contributed by atoms with Gasteiger partial charge in [-0.15, -0.1) is 0 Å². The number of phenolic OH excluding ortho intramolecular Hbond substituents is 1. The number of halogens is 2. The summed E-state index contributed by atoms with van der Waals surface area (Å²) in [5, 5.41) is 9.83. The molecular formula is C12H11ClFNO3. The van der Waals surface area contributed by atoms with E-state index in [0.717, 1.165) is 6.42 Å². The molecule has 0 heterocycles. The fourth-order valence-electron chi connectivity index (χ4n) is 2.19. The molecule has 96 valence electrons. The molecule has 1 saturated carbocycles.